The van der Waals surface area contributed by atoms with Crippen molar-refractivity contribution in [2.75, 3.05) is 28.3 Å². The SMILES string of the molecule is C=CCOC(=O)Nc1ccc2c(ccn2C(=O)c2cc(NC(=O)c3cc(NC(=O)c4nc(N)cn4C)cn3C)cn2C)c1.Cl. The van der Waals surface area contributed by atoms with Crippen LogP contribution in [0.25, 0.3) is 10.9 Å². The number of imidazole rings is 1. The van der Waals surface area contributed by atoms with Crippen LogP contribution in [0.1, 0.15) is 31.6 Å². The molecular formula is C29H30ClN9O5. The number of rotatable bonds is 8. The van der Waals surface area contributed by atoms with Crippen molar-refractivity contribution < 1.29 is 23.9 Å². The van der Waals surface area contributed by atoms with Crippen LogP contribution in [0.4, 0.5) is 27.7 Å². The zero-order chi connectivity index (χ0) is 30.8. The number of aryl methyl sites for hydroxylation is 3. The maximum atomic E-state index is 13.5. The largest absolute Gasteiger partial charge is 0.445 e. The first kappa shape index (κ1) is 31.2. The van der Waals surface area contributed by atoms with Crippen LogP contribution in [0.5, 0.6) is 0 Å². The van der Waals surface area contributed by atoms with Crippen LogP contribution in [-0.2, 0) is 25.9 Å². The van der Waals surface area contributed by atoms with Crippen LogP contribution in [0, 0.1) is 0 Å². The molecule has 0 aliphatic carbocycles. The number of halogens is 1. The molecule has 4 aromatic heterocycles. The van der Waals surface area contributed by atoms with Crippen molar-refractivity contribution in [3.05, 3.63) is 91.1 Å². The van der Waals surface area contributed by atoms with Gasteiger partial charge in [0.2, 0.25) is 5.82 Å². The molecule has 0 bridgehead atoms. The minimum Gasteiger partial charge on any atom is -0.445 e. The maximum Gasteiger partial charge on any atom is 0.411 e. The summed E-state index contributed by atoms with van der Waals surface area (Å²) in [5.41, 5.74) is 8.22. The minimum atomic E-state index is -0.612. The number of nitrogen functional groups attached to an aromatic ring is 1. The number of carbonyl (C=O) groups excluding carboxylic acids is 4. The number of nitrogens with zero attached hydrogens (tertiary/aromatic N) is 5. The molecule has 1 aromatic carbocycles. The molecule has 0 unspecified atom stereocenters. The van der Waals surface area contributed by atoms with Gasteiger partial charge in [0.25, 0.3) is 17.7 Å². The van der Waals surface area contributed by atoms with E-state index < -0.39 is 17.9 Å². The highest BCUT2D eigenvalue weighted by Gasteiger charge is 2.20. The van der Waals surface area contributed by atoms with Crippen LogP contribution in [0.2, 0.25) is 0 Å². The first-order valence-corrected chi connectivity index (χ1v) is 13.0. The number of aromatic nitrogens is 5. The Morgan fingerprint density at radius 3 is 2.18 bits per heavy atom. The third kappa shape index (κ3) is 6.34. The van der Waals surface area contributed by atoms with Gasteiger partial charge in [0.1, 0.15) is 23.8 Å². The number of hydrogen-bond acceptors (Lipinski definition) is 7. The molecule has 0 saturated carbocycles. The van der Waals surface area contributed by atoms with E-state index in [2.05, 4.69) is 27.5 Å². The van der Waals surface area contributed by atoms with Crippen LogP contribution < -0.4 is 21.7 Å². The smallest absolute Gasteiger partial charge is 0.411 e. The average Bonchev–Trinajstić information content (AvgIpc) is 3.72. The van der Waals surface area contributed by atoms with Crippen molar-refractivity contribution >= 4 is 70.0 Å². The van der Waals surface area contributed by atoms with E-state index in [-0.39, 0.29) is 42.3 Å². The van der Waals surface area contributed by atoms with E-state index in [4.69, 9.17) is 10.5 Å². The van der Waals surface area contributed by atoms with E-state index in [1.807, 2.05) is 0 Å². The molecule has 5 rings (SSSR count). The van der Waals surface area contributed by atoms with Crippen LogP contribution in [0.3, 0.4) is 0 Å². The first-order chi connectivity index (χ1) is 20.5. The number of anilines is 4. The maximum absolute atomic E-state index is 13.5. The summed E-state index contributed by atoms with van der Waals surface area (Å²) in [6, 6.07) is 9.98. The number of fused-ring (bicyclic) bond motifs is 1. The van der Waals surface area contributed by atoms with E-state index in [1.165, 1.54) is 27.5 Å². The zero-order valence-corrected chi connectivity index (χ0v) is 24.8. The van der Waals surface area contributed by atoms with Gasteiger partial charge in [-0.2, -0.15) is 0 Å². The predicted octanol–water partition coefficient (Wildman–Crippen LogP) is 3.98. The number of ether oxygens (including phenoxy) is 1. The Morgan fingerprint density at radius 2 is 1.52 bits per heavy atom. The van der Waals surface area contributed by atoms with E-state index in [0.29, 0.717) is 28.3 Å². The van der Waals surface area contributed by atoms with E-state index in [9.17, 15) is 19.2 Å². The monoisotopic (exact) mass is 619 g/mol. The number of nitrogens with one attached hydrogen (secondary N) is 3. The van der Waals surface area contributed by atoms with E-state index in [0.717, 1.165) is 5.39 Å². The van der Waals surface area contributed by atoms with E-state index in [1.54, 1.807) is 79.2 Å². The first-order valence-electron chi connectivity index (χ1n) is 13.0. The van der Waals surface area contributed by atoms with Gasteiger partial charge in [-0.15, -0.1) is 12.4 Å². The third-order valence-electron chi connectivity index (χ3n) is 6.56. The average molecular weight is 620 g/mol. The predicted molar refractivity (Wildman–Crippen MR) is 168 cm³/mol. The molecule has 0 spiro atoms. The molecule has 5 aromatic rings. The summed E-state index contributed by atoms with van der Waals surface area (Å²) in [5, 5.41) is 8.88. The second-order valence-corrected chi connectivity index (χ2v) is 9.74. The Bertz CT molecular complexity index is 1910. The van der Waals surface area contributed by atoms with Gasteiger partial charge in [-0.25, -0.2) is 9.78 Å². The fourth-order valence-electron chi connectivity index (χ4n) is 4.60. The molecule has 0 aliphatic heterocycles. The zero-order valence-electron chi connectivity index (χ0n) is 24.0. The molecular weight excluding hydrogens is 590 g/mol. The number of nitrogens with two attached hydrogens (primary N) is 1. The van der Waals surface area contributed by atoms with Gasteiger partial charge in [0, 0.05) is 57.0 Å². The Balaban J connectivity index is 0.00000442. The van der Waals surface area contributed by atoms with Crippen molar-refractivity contribution in [3.63, 3.8) is 0 Å². The summed E-state index contributed by atoms with van der Waals surface area (Å²) in [4.78, 5) is 55.0. The van der Waals surface area contributed by atoms with Crippen molar-refractivity contribution in [2.45, 2.75) is 0 Å². The Labute approximate surface area is 257 Å². The minimum absolute atomic E-state index is 0. The fraction of sp³-hybridized carbons (Fsp3) is 0.138. The normalized spacial score (nSPS) is 10.6. The molecule has 0 saturated heterocycles. The Kier molecular flexibility index (Phi) is 8.95. The summed E-state index contributed by atoms with van der Waals surface area (Å²) >= 11 is 0. The summed E-state index contributed by atoms with van der Waals surface area (Å²) in [6.07, 6.45) is 7.25. The van der Waals surface area contributed by atoms with Gasteiger partial charge >= 0.3 is 6.09 Å². The topological polar surface area (TPSA) is 172 Å². The van der Waals surface area contributed by atoms with Crippen molar-refractivity contribution in [2.24, 2.45) is 21.1 Å². The second-order valence-electron chi connectivity index (χ2n) is 9.74. The highest BCUT2D eigenvalue weighted by atomic mass is 35.5. The molecule has 14 nitrogen and oxygen atoms in total. The molecule has 0 aliphatic rings. The third-order valence-corrected chi connectivity index (χ3v) is 6.56. The van der Waals surface area contributed by atoms with Gasteiger partial charge < -0.3 is 34.8 Å². The van der Waals surface area contributed by atoms with Crippen LogP contribution in [-0.4, -0.2) is 53.7 Å². The van der Waals surface area contributed by atoms with Crippen LogP contribution in [0.15, 0.2) is 73.8 Å². The lowest BCUT2D eigenvalue weighted by molar-refractivity contribution is 0.0954. The number of benzene rings is 1. The molecule has 5 N–H and O–H groups in total. The molecule has 0 radical (unpaired) electrons. The van der Waals surface area contributed by atoms with Crippen LogP contribution >= 0.6 is 12.4 Å². The standard InChI is InChI=1S/C29H29N9O5.ClH/c1-5-10-43-29(42)33-18-6-7-21-17(11-18)8-9-38(21)28(41)23-13-20(15-36(23)3)31-26(39)22-12-19(14-35(22)2)32-27(40)25-34-24(30)16-37(25)4;/h5-9,11-16H,1,10,30H2,2-4H3,(H,31,39)(H,32,40)(H,33,42);1H. The van der Waals surface area contributed by atoms with Gasteiger partial charge in [-0.3, -0.25) is 24.3 Å². The highest BCUT2D eigenvalue weighted by molar-refractivity contribution is 6.07. The van der Waals surface area contributed by atoms with E-state index >= 15 is 0 Å². The van der Waals surface area contributed by atoms with Crippen molar-refractivity contribution in [1.29, 1.82) is 0 Å². The van der Waals surface area contributed by atoms with Crippen molar-refractivity contribution in [3.8, 4) is 0 Å². The second kappa shape index (κ2) is 12.6. The van der Waals surface area contributed by atoms with Crippen molar-refractivity contribution in [1.82, 2.24) is 23.3 Å². The molecule has 3 amide bonds. The summed E-state index contributed by atoms with van der Waals surface area (Å²) in [5.74, 6) is -0.879. The molecule has 44 heavy (non-hydrogen) atoms. The Morgan fingerprint density at radius 1 is 0.864 bits per heavy atom. The molecule has 15 heteroatoms. The molecule has 4 heterocycles. The summed E-state index contributed by atoms with van der Waals surface area (Å²) < 4.78 is 11.1. The summed E-state index contributed by atoms with van der Waals surface area (Å²) in [6.45, 7) is 3.59. The molecule has 228 valence electrons. The lowest BCUT2D eigenvalue weighted by Gasteiger charge is -2.07. The number of amides is 3. The van der Waals surface area contributed by atoms with Gasteiger partial charge in [-0.1, -0.05) is 12.7 Å². The van der Waals surface area contributed by atoms with Gasteiger partial charge in [-0.05, 0) is 36.4 Å². The summed E-state index contributed by atoms with van der Waals surface area (Å²) in [7, 11) is 5.03. The quantitative estimate of drug-likeness (QED) is 0.190. The highest BCUT2D eigenvalue weighted by Crippen LogP contribution is 2.24. The number of hydrogen-bond donors (Lipinski definition) is 4. The lowest BCUT2D eigenvalue weighted by Crippen LogP contribution is -2.16. The Hall–Kier alpha value is -5.76. The molecule has 0 fully saturated rings. The van der Waals surface area contributed by atoms with Gasteiger partial charge in [0.15, 0.2) is 0 Å². The number of carbonyl (C=O) groups is 4. The molecule has 0 atom stereocenters. The fourth-order valence-corrected chi connectivity index (χ4v) is 4.60. The lowest BCUT2D eigenvalue weighted by atomic mass is 10.2. The van der Waals surface area contributed by atoms with Gasteiger partial charge in [0.05, 0.1) is 16.9 Å².